The summed E-state index contributed by atoms with van der Waals surface area (Å²) in [6, 6.07) is 13.9. The molecule has 3 fully saturated rings. The highest BCUT2D eigenvalue weighted by Gasteiger charge is 2.30. The third kappa shape index (κ3) is 7.59. The van der Waals surface area contributed by atoms with Crippen molar-refractivity contribution in [2.24, 2.45) is 5.92 Å². The van der Waals surface area contributed by atoms with E-state index in [1.807, 2.05) is 49.0 Å². The number of aromatic nitrogens is 4. The Hall–Kier alpha value is -5.87. The molecule has 0 spiro atoms. The summed E-state index contributed by atoms with van der Waals surface area (Å²) in [6.07, 6.45) is 15.2. The standard InChI is InChI=1S/C42H46N10O3/c1-26(2)47-36-19-38(52-16-12-30-18-28(20-43)21-46-40(30)52)45-23-35(36)41(54)48-31-8-6-27(7-9-31)25-50-14-10-29(11-15-50)32-4-3-5-33-34(32)22-44-24-37(33)51-17-13-39(53)49-42(51)55/h3-5,12,16,18-19,21-24,26-27,29,31H,6-11,13-15,17,25H2,1-2H3,(H,45,47)(H,48,54)(H,49,53,55). The molecule has 4 amide bonds. The van der Waals surface area contributed by atoms with E-state index in [0.29, 0.717) is 41.0 Å². The van der Waals surface area contributed by atoms with E-state index in [4.69, 9.17) is 0 Å². The number of anilines is 2. The number of hydrogen-bond acceptors (Lipinski definition) is 9. The SMILES string of the molecule is CC(C)Nc1cc(-n2ccc3cc(C#N)cnc32)ncc1C(=O)NC1CCC(CN2CCC(c3cccc4c(N5CCC(=O)NC5=O)cncc34)CC2)CC1. The van der Waals surface area contributed by atoms with Crippen LogP contribution in [0.2, 0.25) is 0 Å². The number of fused-ring (bicyclic) bond motifs is 2. The second-order valence-corrected chi connectivity index (χ2v) is 15.4. The number of amides is 4. The quantitative estimate of drug-likeness (QED) is 0.158. The molecule has 3 aliphatic rings. The van der Waals surface area contributed by atoms with Crippen molar-refractivity contribution >= 4 is 51.0 Å². The average Bonchev–Trinajstić information content (AvgIpc) is 3.62. The van der Waals surface area contributed by atoms with Crippen LogP contribution in [0.15, 0.2) is 67.4 Å². The third-order valence-electron chi connectivity index (χ3n) is 11.4. The van der Waals surface area contributed by atoms with E-state index in [0.717, 1.165) is 85.7 Å². The molecule has 13 heteroatoms. The summed E-state index contributed by atoms with van der Waals surface area (Å²) in [4.78, 5) is 55.9. The zero-order valence-corrected chi connectivity index (χ0v) is 31.3. The minimum atomic E-state index is -0.393. The molecule has 1 aromatic carbocycles. The third-order valence-corrected chi connectivity index (χ3v) is 11.4. The van der Waals surface area contributed by atoms with E-state index < -0.39 is 6.03 Å². The number of likely N-dealkylation sites (tertiary alicyclic amines) is 1. The van der Waals surface area contributed by atoms with Crippen LogP contribution in [0, 0.1) is 17.2 Å². The molecule has 2 saturated heterocycles. The molecule has 13 nitrogen and oxygen atoms in total. The highest BCUT2D eigenvalue weighted by molar-refractivity contribution is 6.10. The summed E-state index contributed by atoms with van der Waals surface area (Å²) in [5.74, 6) is 1.29. The number of nitrogens with zero attached hydrogens (tertiary/aromatic N) is 7. The lowest BCUT2D eigenvalue weighted by Crippen LogP contribution is -2.49. The Morgan fingerprint density at radius 3 is 2.55 bits per heavy atom. The molecule has 6 heterocycles. The first-order valence-electron chi connectivity index (χ1n) is 19.4. The van der Waals surface area contributed by atoms with Crippen LogP contribution < -0.4 is 20.9 Å². The van der Waals surface area contributed by atoms with Crippen molar-refractivity contribution in [3.63, 3.8) is 0 Å². The van der Waals surface area contributed by atoms with Gasteiger partial charge in [0.15, 0.2) is 0 Å². The van der Waals surface area contributed by atoms with Crippen LogP contribution in [0.25, 0.3) is 27.6 Å². The Balaban J connectivity index is 0.855. The number of piperidine rings is 1. The van der Waals surface area contributed by atoms with Gasteiger partial charge >= 0.3 is 6.03 Å². The molecule has 0 atom stereocenters. The van der Waals surface area contributed by atoms with Gasteiger partial charge in [-0.05, 0) is 95.0 Å². The zero-order chi connectivity index (χ0) is 38.1. The van der Waals surface area contributed by atoms with Gasteiger partial charge in [0.1, 0.15) is 17.5 Å². The van der Waals surface area contributed by atoms with Crippen molar-refractivity contribution in [1.82, 2.24) is 35.1 Å². The van der Waals surface area contributed by atoms with Gasteiger partial charge in [-0.25, -0.2) is 14.8 Å². The van der Waals surface area contributed by atoms with E-state index in [1.54, 1.807) is 29.6 Å². The van der Waals surface area contributed by atoms with Crippen LogP contribution in [0.5, 0.6) is 0 Å². The molecular formula is C42H46N10O3. The Labute approximate surface area is 320 Å². The molecule has 1 aliphatic carbocycles. The lowest BCUT2D eigenvalue weighted by atomic mass is 9.83. The number of carbonyl (C=O) groups is 3. The maximum Gasteiger partial charge on any atom is 0.328 e. The van der Waals surface area contributed by atoms with Gasteiger partial charge in [-0.3, -0.25) is 29.4 Å². The van der Waals surface area contributed by atoms with Crippen LogP contribution in [-0.2, 0) is 4.79 Å². The normalized spacial score (nSPS) is 19.8. The minimum Gasteiger partial charge on any atom is -0.382 e. The number of benzene rings is 1. The molecule has 3 N–H and O–H groups in total. The van der Waals surface area contributed by atoms with Crippen molar-refractivity contribution in [1.29, 1.82) is 5.26 Å². The fraction of sp³-hybridized carbons (Fsp3) is 0.405. The first kappa shape index (κ1) is 36.1. The molecule has 55 heavy (non-hydrogen) atoms. The van der Waals surface area contributed by atoms with Crippen molar-refractivity contribution in [2.45, 2.75) is 76.8 Å². The van der Waals surface area contributed by atoms with Crippen LogP contribution in [0.3, 0.4) is 0 Å². The molecular weight excluding hydrogens is 693 g/mol. The highest BCUT2D eigenvalue weighted by Crippen LogP contribution is 2.37. The maximum atomic E-state index is 13.7. The first-order chi connectivity index (χ1) is 26.7. The zero-order valence-electron chi connectivity index (χ0n) is 31.3. The van der Waals surface area contributed by atoms with Gasteiger partial charge in [0, 0.05) is 78.6 Å². The van der Waals surface area contributed by atoms with Gasteiger partial charge in [-0.1, -0.05) is 18.2 Å². The van der Waals surface area contributed by atoms with Gasteiger partial charge in [-0.2, -0.15) is 5.26 Å². The molecule has 1 saturated carbocycles. The Morgan fingerprint density at radius 1 is 0.964 bits per heavy atom. The molecule has 4 aromatic heterocycles. The smallest absolute Gasteiger partial charge is 0.328 e. The van der Waals surface area contributed by atoms with E-state index in [1.165, 1.54) is 5.56 Å². The van der Waals surface area contributed by atoms with Gasteiger partial charge in [0.2, 0.25) is 5.91 Å². The van der Waals surface area contributed by atoms with E-state index in [-0.39, 0.29) is 30.3 Å². The Kier molecular flexibility index (Phi) is 10.2. The van der Waals surface area contributed by atoms with Gasteiger partial charge in [-0.15, -0.1) is 0 Å². The van der Waals surface area contributed by atoms with E-state index in [2.05, 4.69) is 54.0 Å². The molecule has 2 aliphatic heterocycles. The van der Waals surface area contributed by atoms with E-state index in [9.17, 15) is 19.6 Å². The van der Waals surface area contributed by atoms with Gasteiger partial charge < -0.3 is 15.5 Å². The Morgan fingerprint density at radius 2 is 1.78 bits per heavy atom. The summed E-state index contributed by atoms with van der Waals surface area (Å²) in [7, 11) is 0. The molecule has 0 radical (unpaired) electrons. The lowest BCUT2D eigenvalue weighted by Gasteiger charge is -2.37. The average molecular weight is 739 g/mol. The highest BCUT2D eigenvalue weighted by atomic mass is 16.2. The second kappa shape index (κ2) is 15.5. The lowest BCUT2D eigenvalue weighted by molar-refractivity contribution is -0.120. The summed E-state index contributed by atoms with van der Waals surface area (Å²) >= 11 is 0. The monoisotopic (exact) mass is 738 g/mol. The van der Waals surface area contributed by atoms with Crippen molar-refractivity contribution in [3.05, 3.63) is 84.1 Å². The van der Waals surface area contributed by atoms with Crippen molar-refractivity contribution < 1.29 is 14.4 Å². The fourth-order valence-corrected chi connectivity index (χ4v) is 8.57. The summed E-state index contributed by atoms with van der Waals surface area (Å²) in [5, 5.41) is 21.3. The van der Waals surface area contributed by atoms with Crippen LogP contribution in [0.1, 0.15) is 86.2 Å². The minimum absolute atomic E-state index is 0.111. The number of hydrogen-bond donors (Lipinski definition) is 3. The number of urea groups is 1. The van der Waals surface area contributed by atoms with Crippen LogP contribution in [-0.4, -0.2) is 80.5 Å². The number of nitrogens with one attached hydrogen (secondary N) is 3. The predicted molar refractivity (Wildman–Crippen MR) is 211 cm³/mol. The number of nitriles is 1. The van der Waals surface area contributed by atoms with Crippen molar-refractivity contribution in [3.8, 4) is 11.9 Å². The first-order valence-corrected chi connectivity index (χ1v) is 19.4. The molecule has 282 valence electrons. The van der Waals surface area contributed by atoms with Crippen molar-refractivity contribution in [2.75, 3.05) is 36.4 Å². The Bertz CT molecular complexity index is 2300. The predicted octanol–water partition coefficient (Wildman–Crippen LogP) is 6.28. The van der Waals surface area contributed by atoms with Gasteiger partial charge in [0.25, 0.3) is 5.91 Å². The number of imide groups is 1. The topological polar surface area (TPSA) is 161 Å². The number of carbonyl (C=O) groups excluding carboxylic acids is 3. The molecule has 0 bridgehead atoms. The fourth-order valence-electron chi connectivity index (χ4n) is 8.57. The summed E-state index contributed by atoms with van der Waals surface area (Å²) < 4.78 is 1.87. The summed E-state index contributed by atoms with van der Waals surface area (Å²) in [6.45, 7) is 7.58. The second-order valence-electron chi connectivity index (χ2n) is 15.4. The van der Waals surface area contributed by atoms with Crippen LogP contribution in [0.4, 0.5) is 16.2 Å². The maximum absolute atomic E-state index is 13.7. The number of pyridine rings is 3. The molecule has 5 aromatic rings. The largest absolute Gasteiger partial charge is 0.382 e. The van der Waals surface area contributed by atoms with Crippen LogP contribution >= 0.6 is 0 Å². The van der Waals surface area contributed by atoms with E-state index >= 15 is 0 Å². The summed E-state index contributed by atoms with van der Waals surface area (Å²) in [5.41, 5.74) is 4.46. The van der Waals surface area contributed by atoms with Gasteiger partial charge in [0.05, 0.1) is 28.7 Å². The molecule has 0 unspecified atom stereocenters. The number of rotatable bonds is 9. The molecule has 8 rings (SSSR count).